The quantitative estimate of drug-likeness (QED) is 0.728. The topological polar surface area (TPSA) is 26.3 Å². The molecule has 0 saturated heterocycles. The van der Waals surface area contributed by atoms with E-state index in [-0.39, 0.29) is 12.1 Å². The molecule has 90 valence electrons. The first-order chi connectivity index (χ1) is 8.33. The molecule has 1 aromatic rings. The van der Waals surface area contributed by atoms with Crippen LogP contribution in [-0.4, -0.2) is 12.1 Å². The van der Waals surface area contributed by atoms with Gasteiger partial charge in [0.25, 0.3) is 0 Å². The summed E-state index contributed by atoms with van der Waals surface area (Å²) in [6.07, 6.45) is 6.43. The molecule has 2 heteroatoms. The van der Waals surface area contributed by atoms with E-state index in [1.54, 1.807) is 0 Å². The number of fused-ring (bicyclic) bond motifs is 3. The Morgan fingerprint density at radius 1 is 1.06 bits per heavy atom. The molecule has 2 bridgehead atoms. The Kier molecular flexibility index (Phi) is 2.87. The van der Waals surface area contributed by atoms with Gasteiger partial charge in [0.2, 0.25) is 0 Å². The zero-order valence-electron chi connectivity index (χ0n) is 9.97. The van der Waals surface area contributed by atoms with E-state index in [1.807, 2.05) is 30.3 Å². The van der Waals surface area contributed by atoms with Gasteiger partial charge in [0.05, 0.1) is 5.56 Å². The van der Waals surface area contributed by atoms with Crippen molar-refractivity contribution in [2.45, 2.75) is 38.2 Å². The van der Waals surface area contributed by atoms with Crippen LogP contribution in [0.15, 0.2) is 30.3 Å². The first-order valence-corrected chi connectivity index (χ1v) is 6.59. The van der Waals surface area contributed by atoms with Crippen molar-refractivity contribution in [2.75, 3.05) is 0 Å². The highest BCUT2D eigenvalue weighted by Gasteiger charge is 2.37. The van der Waals surface area contributed by atoms with Crippen molar-refractivity contribution in [2.24, 2.45) is 11.8 Å². The van der Waals surface area contributed by atoms with Crippen LogP contribution in [-0.2, 0) is 4.74 Å². The van der Waals surface area contributed by atoms with Crippen LogP contribution >= 0.6 is 0 Å². The molecule has 0 radical (unpaired) electrons. The predicted molar refractivity (Wildman–Crippen MR) is 65.7 cm³/mol. The number of ether oxygens (including phenoxy) is 1. The monoisotopic (exact) mass is 230 g/mol. The maximum absolute atomic E-state index is 12.0. The molecule has 3 fully saturated rings. The number of benzene rings is 1. The summed E-state index contributed by atoms with van der Waals surface area (Å²) in [6.45, 7) is 0. The lowest BCUT2D eigenvalue weighted by atomic mass is 9.69. The van der Waals surface area contributed by atoms with Crippen LogP contribution in [0.4, 0.5) is 0 Å². The highest BCUT2D eigenvalue weighted by molar-refractivity contribution is 5.89. The van der Waals surface area contributed by atoms with E-state index in [0.717, 1.165) is 12.3 Å². The molecule has 3 saturated carbocycles. The van der Waals surface area contributed by atoms with Gasteiger partial charge in [0.15, 0.2) is 0 Å². The third-order valence-corrected chi connectivity index (χ3v) is 4.25. The summed E-state index contributed by atoms with van der Waals surface area (Å²) >= 11 is 0. The fraction of sp³-hybridized carbons (Fsp3) is 0.533. The van der Waals surface area contributed by atoms with Crippen molar-refractivity contribution in [1.82, 2.24) is 0 Å². The van der Waals surface area contributed by atoms with Crippen LogP contribution in [0.1, 0.15) is 42.5 Å². The predicted octanol–water partition coefficient (Wildman–Crippen LogP) is 3.42. The molecule has 0 aliphatic heterocycles. The van der Waals surface area contributed by atoms with Crippen molar-refractivity contribution in [1.29, 1.82) is 0 Å². The van der Waals surface area contributed by atoms with Crippen molar-refractivity contribution in [3.63, 3.8) is 0 Å². The van der Waals surface area contributed by atoms with Crippen molar-refractivity contribution >= 4 is 5.97 Å². The molecule has 4 rings (SSSR count). The van der Waals surface area contributed by atoms with E-state index in [2.05, 4.69) is 0 Å². The fourth-order valence-electron chi connectivity index (χ4n) is 3.24. The number of hydrogen-bond donors (Lipinski definition) is 0. The molecule has 1 unspecified atom stereocenters. The zero-order chi connectivity index (χ0) is 11.7. The molecule has 0 amide bonds. The van der Waals surface area contributed by atoms with Crippen LogP contribution in [0.2, 0.25) is 0 Å². The van der Waals surface area contributed by atoms with Gasteiger partial charge >= 0.3 is 5.97 Å². The Bertz CT molecular complexity index is 391. The maximum atomic E-state index is 12.0. The van der Waals surface area contributed by atoms with Crippen LogP contribution in [0.5, 0.6) is 0 Å². The third kappa shape index (κ3) is 2.21. The first-order valence-electron chi connectivity index (χ1n) is 6.59. The van der Waals surface area contributed by atoms with Gasteiger partial charge in [-0.15, -0.1) is 0 Å². The van der Waals surface area contributed by atoms with Crippen molar-refractivity contribution in [3.05, 3.63) is 35.9 Å². The highest BCUT2D eigenvalue weighted by atomic mass is 16.5. The molecule has 2 nitrogen and oxygen atoms in total. The van der Waals surface area contributed by atoms with E-state index in [1.165, 1.54) is 25.7 Å². The first kappa shape index (κ1) is 10.8. The van der Waals surface area contributed by atoms with Crippen LogP contribution in [0, 0.1) is 11.8 Å². The smallest absolute Gasteiger partial charge is 0.338 e. The molecular weight excluding hydrogens is 212 g/mol. The lowest BCUT2D eigenvalue weighted by Gasteiger charge is -2.41. The molecule has 0 aromatic heterocycles. The summed E-state index contributed by atoms with van der Waals surface area (Å²) in [5, 5.41) is 0. The second kappa shape index (κ2) is 4.52. The Balaban J connectivity index is 1.66. The second-order valence-corrected chi connectivity index (χ2v) is 5.33. The molecular formula is C15H18O2. The second-order valence-electron chi connectivity index (χ2n) is 5.33. The van der Waals surface area contributed by atoms with Gasteiger partial charge in [-0.3, -0.25) is 0 Å². The number of hydrogen-bond acceptors (Lipinski definition) is 2. The van der Waals surface area contributed by atoms with Crippen molar-refractivity contribution in [3.8, 4) is 0 Å². The van der Waals surface area contributed by atoms with Gasteiger partial charge in [-0.2, -0.15) is 0 Å². The SMILES string of the molecule is O=C(OC1CC2CCC1CC2)c1ccccc1. The minimum atomic E-state index is -0.150. The molecule has 3 aliphatic carbocycles. The molecule has 0 heterocycles. The van der Waals surface area contributed by atoms with Gasteiger partial charge in [-0.25, -0.2) is 4.79 Å². The molecule has 1 atom stereocenters. The van der Waals surface area contributed by atoms with Crippen LogP contribution < -0.4 is 0 Å². The lowest BCUT2D eigenvalue weighted by molar-refractivity contribution is -0.0305. The van der Waals surface area contributed by atoms with Gasteiger partial charge < -0.3 is 4.74 Å². The van der Waals surface area contributed by atoms with Crippen molar-refractivity contribution < 1.29 is 9.53 Å². The third-order valence-electron chi connectivity index (χ3n) is 4.25. The van der Waals surface area contributed by atoms with E-state index < -0.39 is 0 Å². The molecule has 0 spiro atoms. The zero-order valence-corrected chi connectivity index (χ0v) is 9.97. The number of rotatable bonds is 2. The Morgan fingerprint density at radius 2 is 1.76 bits per heavy atom. The highest BCUT2D eigenvalue weighted by Crippen LogP contribution is 2.42. The Hall–Kier alpha value is -1.31. The van der Waals surface area contributed by atoms with Crippen LogP contribution in [0.3, 0.4) is 0 Å². The normalized spacial score (nSPS) is 31.2. The Labute approximate surface area is 102 Å². The van der Waals surface area contributed by atoms with E-state index in [4.69, 9.17) is 4.74 Å². The standard InChI is InChI=1S/C15H18O2/c16-15(13-4-2-1-3-5-13)17-14-10-11-6-8-12(14)9-7-11/h1-5,11-12,14H,6-10H2. The minimum Gasteiger partial charge on any atom is -0.458 e. The summed E-state index contributed by atoms with van der Waals surface area (Å²) < 4.78 is 5.67. The van der Waals surface area contributed by atoms with Gasteiger partial charge in [0, 0.05) is 0 Å². The molecule has 3 aliphatic rings. The van der Waals surface area contributed by atoms with E-state index >= 15 is 0 Å². The summed E-state index contributed by atoms with van der Waals surface area (Å²) in [7, 11) is 0. The minimum absolute atomic E-state index is 0.150. The van der Waals surface area contributed by atoms with Crippen LogP contribution in [0.25, 0.3) is 0 Å². The fourth-order valence-corrected chi connectivity index (χ4v) is 3.24. The van der Waals surface area contributed by atoms with E-state index in [0.29, 0.717) is 11.5 Å². The summed E-state index contributed by atoms with van der Waals surface area (Å²) in [5.74, 6) is 1.27. The summed E-state index contributed by atoms with van der Waals surface area (Å²) in [4.78, 5) is 12.0. The molecule has 0 N–H and O–H groups in total. The average molecular weight is 230 g/mol. The number of carbonyl (C=O) groups excluding carboxylic acids is 1. The Morgan fingerprint density at radius 3 is 2.35 bits per heavy atom. The summed E-state index contributed by atoms with van der Waals surface area (Å²) in [6, 6.07) is 9.32. The van der Waals surface area contributed by atoms with E-state index in [9.17, 15) is 4.79 Å². The largest absolute Gasteiger partial charge is 0.458 e. The van der Waals surface area contributed by atoms with Gasteiger partial charge in [-0.1, -0.05) is 18.2 Å². The number of carbonyl (C=O) groups is 1. The number of esters is 1. The average Bonchev–Trinajstić information content (AvgIpc) is 2.41. The van der Waals surface area contributed by atoms with Gasteiger partial charge in [0.1, 0.15) is 6.10 Å². The van der Waals surface area contributed by atoms with Gasteiger partial charge in [-0.05, 0) is 56.1 Å². The summed E-state index contributed by atoms with van der Waals surface area (Å²) in [5.41, 5.74) is 0.675. The molecule has 1 aromatic carbocycles. The molecule has 17 heavy (non-hydrogen) atoms. The lowest BCUT2D eigenvalue weighted by Crippen LogP contribution is -2.38. The maximum Gasteiger partial charge on any atom is 0.338 e.